The lowest BCUT2D eigenvalue weighted by atomic mass is 9.68. The van der Waals surface area contributed by atoms with Gasteiger partial charge in [-0.25, -0.2) is 0 Å². The van der Waals surface area contributed by atoms with E-state index in [2.05, 4.69) is 121 Å². The summed E-state index contributed by atoms with van der Waals surface area (Å²) in [7, 11) is 0. The Morgan fingerprint density at radius 2 is 0.595 bits per heavy atom. The maximum absolute atomic E-state index is 5.61. The predicted molar refractivity (Wildman–Crippen MR) is 182 cm³/mol. The zero-order chi connectivity index (χ0) is 29.1. The van der Waals surface area contributed by atoms with E-state index in [9.17, 15) is 0 Å². The smallest absolute Gasteiger partial charge is 0.0127 e. The summed E-state index contributed by atoms with van der Waals surface area (Å²) < 4.78 is 0. The molecule has 0 atom stereocenters. The van der Waals surface area contributed by atoms with Crippen LogP contribution >= 0.6 is 0 Å². The minimum atomic E-state index is 0.336. The maximum Gasteiger partial charge on any atom is 0.0127 e. The highest BCUT2D eigenvalue weighted by atomic mass is 14.5. The van der Waals surface area contributed by atoms with Gasteiger partial charge in [0.25, 0.3) is 0 Å². The topological polar surface area (TPSA) is 26.0 Å². The summed E-state index contributed by atoms with van der Waals surface area (Å²) in [5, 5.41) is 0. The number of rotatable bonds is 20. The minimum Gasteiger partial charge on any atom is -0.330 e. The molecule has 1 heteroatoms. The minimum absolute atomic E-state index is 0.336. The number of hydrogen-bond donors (Lipinski definition) is 1. The zero-order valence-corrected chi connectivity index (χ0v) is 25.8. The molecule has 0 saturated carbocycles. The predicted octanol–water partition coefficient (Wildman–Crippen LogP) is 11.3. The first-order valence-electron chi connectivity index (χ1n) is 16.8. The lowest BCUT2D eigenvalue weighted by Gasteiger charge is -2.36. The van der Waals surface area contributed by atoms with Crippen LogP contribution in [0.25, 0.3) is 0 Å². The fourth-order valence-electron chi connectivity index (χ4n) is 6.83. The molecule has 0 radical (unpaired) electrons. The van der Waals surface area contributed by atoms with Gasteiger partial charge >= 0.3 is 0 Å². The third-order valence-corrected chi connectivity index (χ3v) is 8.98. The van der Waals surface area contributed by atoms with E-state index >= 15 is 0 Å². The molecule has 4 aromatic rings. The van der Waals surface area contributed by atoms with Crippen LogP contribution in [0.15, 0.2) is 121 Å². The highest BCUT2D eigenvalue weighted by Gasteiger charge is 2.33. The van der Waals surface area contributed by atoms with Gasteiger partial charge in [0.1, 0.15) is 0 Å². The first kappa shape index (κ1) is 31.8. The zero-order valence-electron chi connectivity index (χ0n) is 25.8. The van der Waals surface area contributed by atoms with Gasteiger partial charge in [-0.3, -0.25) is 0 Å². The van der Waals surface area contributed by atoms with Crippen molar-refractivity contribution in [1.29, 1.82) is 0 Å². The van der Waals surface area contributed by atoms with Crippen molar-refractivity contribution in [3.8, 4) is 0 Å². The summed E-state index contributed by atoms with van der Waals surface area (Å²) in [6, 6.07) is 45.0. The van der Waals surface area contributed by atoms with Gasteiger partial charge in [-0.15, -0.1) is 0 Å². The molecule has 4 rings (SSSR count). The van der Waals surface area contributed by atoms with E-state index in [0.29, 0.717) is 17.8 Å². The van der Waals surface area contributed by atoms with Gasteiger partial charge in [-0.05, 0) is 47.6 Å². The molecule has 1 nitrogen and oxygen atoms in total. The van der Waals surface area contributed by atoms with Crippen LogP contribution < -0.4 is 5.73 Å². The van der Waals surface area contributed by atoms with E-state index in [-0.39, 0.29) is 0 Å². The Balaban J connectivity index is 1.46. The third kappa shape index (κ3) is 10.3. The Labute approximate surface area is 256 Å². The van der Waals surface area contributed by atoms with Crippen molar-refractivity contribution < 1.29 is 0 Å². The van der Waals surface area contributed by atoms with E-state index < -0.39 is 0 Å². The number of hydrogen-bond acceptors (Lipinski definition) is 1. The quantitative estimate of drug-likeness (QED) is 0.107. The molecule has 0 fully saturated rings. The summed E-state index contributed by atoms with van der Waals surface area (Å²) in [4.78, 5) is 0. The maximum atomic E-state index is 5.61. The van der Waals surface area contributed by atoms with Crippen LogP contribution in [0, 0.1) is 5.92 Å². The van der Waals surface area contributed by atoms with Gasteiger partial charge in [0.05, 0.1) is 0 Å². The Kier molecular flexibility index (Phi) is 14.5. The van der Waals surface area contributed by atoms with Crippen molar-refractivity contribution in [2.75, 3.05) is 6.54 Å². The van der Waals surface area contributed by atoms with E-state index in [0.717, 1.165) is 6.54 Å². The first-order chi connectivity index (χ1) is 20.9. The molecule has 0 aliphatic rings. The van der Waals surface area contributed by atoms with Crippen molar-refractivity contribution >= 4 is 0 Å². The van der Waals surface area contributed by atoms with Crippen LogP contribution in [0.3, 0.4) is 0 Å². The fraction of sp³-hybridized carbons (Fsp3) is 0.415. The van der Waals surface area contributed by atoms with Gasteiger partial charge in [0.2, 0.25) is 0 Å². The number of nitrogens with two attached hydrogens (primary N) is 1. The second-order valence-electron chi connectivity index (χ2n) is 12.1. The largest absolute Gasteiger partial charge is 0.330 e. The van der Waals surface area contributed by atoms with Crippen molar-refractivity contribution in [3.63, 3.8) is 0 Å². The standard InChI is InChI=1S/C41H53N/c42-34-24-10-8-6-4-2-1-3-5-7-9-23-33-39(40(35-25-15-11-16-26-35)36-27-17-12-18-28-36)41(37-29-19-13-20-30-37)38-31-21-14-22-32-38/h11-22,25-32,39-41H,1-10,23-24,33-34,42H2. The third-order valence-electron chi connectivity index (χ3n) is 8.98. The van der Waals surface area contributed by atoms with Crippen molar-refractivity contribution in [3.05, 3.63) is 144 Å². The molecule has 4 aromatic carbocycles. The summed E-state index contributed by atoms with van der Waals surface area (Å²) in [6.45, 7) is 0.846. The van der Waals surface area contributed by atoms with Gasteiger partial charge in [0, 0.05) is 11.8 Å². The Hall–Kier alpha value is -3.16. The lowest BCUT2D eigenvalue weighted by molar-refractivity contribution is 0.369. The van der Waals surface area contributed by atoms with Crippen molar-refractivity contribution in [1.82, 2.24) is 0 Å². The van der Waals surface area contributed by atoms with E-state index in [1.54, 1.807) is 0 Å². The summed E-state index contributed by atoms with van der Waals surface area (Å²) in [5.74, 6) is 1.13. The molecule has 0 aliphatic heterocycles. The van der Waals surface area contributed by atoms with Crippen LogP contribution in [0.1, 0.15) is 118 Å². The molecule has 222 valence electrons. The molecule has 0 spiro atoms. The Morgan fingerprint density at radius 3 is 0.881 bits per heavy atom. The monoisotopic (exact) mass is 559 g/mol. The van der Waals surface area contributed by atoms with Gasteiger partial charge in [-0.2, -0.15) is 0 Å². The Morgan fingerprint density at radius 1 is 0.333 bits per heavy atom. The summed E-state index contributed by atoms with van der Waals surface area (Å²) >= 11 is 0. The summed E-state index contributed by atoms with van der Waals surface area (Å²) in [5.41, 5.74) is 11.3. The van der Waals surface area contributed by atoms with Crippen molar-refractivity contribution in [2.24, 2.45) is 11.7 Å². The molecule has 0 aliphatic carbocycles. The van der Waals surface area contributed by atoms with Crippen LogP contribution in [0.4, 0.5) is 0 Å². The Bertz CT molecular complexity index is 1030. The molecular formula is C41H53N. The molecule has 0 aromatic heterocycles. The van der Waals surface area contributed by atoms with Crippen LogP contribution in [-0.4, -0.2) is 6.54 Å². The SMILES string of the molecule is NCCCCCCCCCCCCCCC(C(c1ccccc1)c1ccccc1)C(c1ccccc1)c1ccccc1. The molecular weight excluding hydrogens is 506 g/mol. The highest BCUT2D eigenvalue weighted by Crippen LogP contribution is 2.46. The van der Waals surface area contributed by atoms with Crippen LogP contribution in [0.5, 0.6) is 0 Å². The van der Waals surface area contributed by atoms with Gasteiger partial charge in [-0.1, -0.05) is 192 Å². The van der Waals surface area contributed by atoms with E-state index in [1.807, 2.05) is 0 Å². The first-order valence-corrected chi connectivity index (χ1v) is 16.8. The number of benzene rings is 4. The van der Waals surface area contributed by atoms with Crippen molar-refractivity contribution in [2.45, 2.75) is 95.3 Å². The van der Waals surface area contributed by atoms with Crippen LogP contribution in [-0.2, 0) is 0 Å². The number of unbranched alkanes of at least 4 members (excludes halogenated alkanes) is 11. The molecule has 42 heavy (non-hydrogen) atoms. The molecule has 0 amide bonds. The highest BCUT2D eigenvalue weighted by molar-refractivity contribution is 5.39. The molecule has 0 heterocycles. The second-order valence-corrected chi connectivity index (χ2v) is 12.1. The second kappa shape index (κ2) is 19.1. The molecule has 2 N–H and O–H groups in total. The molecule has 0 bridgehead atoms. The lowest BCUT2D eigenvalue weighted by Crippen LogP contribution is -2.23. The molecule has 0 saturated heterocycles. The summed E-state index contributed by atoms with van der Waals surface area (Å²) in [6.07, 6.45) is 17.4. The van der Waals surface area contributed by atoms with Crippen LogP contribution in [0.2, 0.25) is 0 Å². The van der Waals surface area contributed by atoms with Gasteiger partial charge in [0.15, 0.2) is 0 Å². The van der Waals surface area contributed by atoms with Gasteiger partial charge < -0.3 is 5.73 Å². The van der Waals surface area contributed by atoms with E-state index in [1.165, 1.54) is 106 Å². The van der Waals surface area contributed by atoms with E-state index in [4.69, 9.17) is 5.73 Å². The normalized spacial score (nSPS) is 11.5. The average Bonchev–Trinajstić information content (AvgIpc) is 3.05. The molecule has 0 unspecified atom stereocenters. The average molecular weight is 560 g/mol. The fourth-order valence-corrected chi connectivity index (χ4v) is 6.83.